The molecule has 0 spiro atoms. The second-order valence-corrected chi connectivity index (χ2v) is 7.22. The predicted molar refractivity (Wildman–Crippen MR) is 88.0 cm³/mol. The molecule has 110 valence electrons. The van der Waals surface area contributed by atoms with Crippen LogP contribution in [0.15, 0.2) is 12.1 Å². The Morgan fingerprint density at radius 2 is 1.95 bits per heavy atom. The topological polar surface area (TPSA) is 20.3 Å². The van der Waals surface area contributed by atoms with Gasteiger partial charge >= 0.3 is 0 Å². The van der Waals surface area contributed by atoms with Crippen molar-refractivity contribution < 1.29 is 4.79 Å². The van der Waals surface area contributed by atoms with Crippen molar-refractivity contribution in [3.8, 4) is 0 Å². The molecule has 2 rings (SSSR count). The van der Waals surface area contributed by atoms with Crippen molar-refractivity contribution in [1.29, 1.82) is 0 Å². The molecule has 0 amide bonds. The first kappa shape index (κ1) is 15.6. The fraction of sp³-hybridized carbons (Fsp3) is 0.588. The van der Waals surface area contributed by atoms with Crippen LogP contribution in [-0.2, 0) is 0 Å². The van der Waals surface area contributed by atoms with Gasteiger partial charge < -0.3 is 0 Å². The molecular weight excluding hydrogens is 266 g/mol. The van der Waals surface area contributed by atoms with E-state index in [4.69, 9.17) is 0 Å². The monoisotopic (exact) mass is 291 g/mol. The number of Topliss-reactive ketones (excluding diaryl/α,β-unsaturated/α-hetero) is 1. The average molecular weight is 291 g/mol. The Morgan fingerprint density at radius 3 is 2.65 bits per heavy atom. The molecule has 2 nitrogen and oxygen atoms in total. The molecule has 0 saturated carbocycles. The van der Waals surface area contributed by atoms with Gasteiger partial charge in [0.1, 0.15) is 0 Å². The van der Waals surface area contributed by atoms with Crippen molar-refractivity contribution in [2.75, 3.05) is 25.4 Å². The minimum atomic E-state index is 0.271. The Labute approximate surface area is 126 Å². The molecule has 0 aromatic heterocycles. The summed E-state index contributed by atoms with van der Waals surface area (Å²) in [5, 5.41) is 0.692. The summed E-state index contributed by atoms with van der Waals surface area (Å²) in [5.74, 6) is 1.42. The summed E-state index contributed by atoms with van der Waals surface area (Å²) in [6, 6.07) is 4.19. The zero-order valence-electron chi connectivity index (χ0n) is 13.0. The van der Waals surface area contributed by atoms with Gasteiger partial charge in [-0.1, -0.05) is 13.0 Å². The van der Waals surface area contributed by atoms with Crippen molar-refractivity contribution in [3.05, 3.63) is 34.4 Å². The van der Waals surface area contributed by atoms with E-state index in [9.17, 15) is 4.79 Å². The molecule has 0 bridgehead atoms. The van der Waals surface area contributed by atoms with Crippen LogP contribution < -0.4 is 0 Å². The number of carbonyl (C=O) groups excluding carboxylic acids is 1. The number of hydrogen-bond acceptors (Lipinski definition) is 3. The van der Waals surface area contributed by atoms with Gasteiger partial charge in [-0.3, -0.25) is 9.69 Å². The Morgan fingerprint density at radius 1 is 1.25 bits per heavy atom. The van der Waals surface area contributed by atoms with E-state index in [0.29, 0.717) is 11.8 Å². The second kappa shape index (κ2) is 6.77. The smallest absolute Gasteiger partial charge is 0.177 e. The Bertz CT molecular complexity index is 498. The van der Waals surface area contributed by atoms with Crippen LogP contribution in [0.25, 0.3) is 0 Å². The van der Waals surface area contributed by atoms with Gasteiger partial charge in [0, 0.05) is 29.7 Å². The van der Waals surface area contributed by atoms with Crippen LogP contribution in [0.3, 0.4) is 0 Å². The van der Waals surface area contributed by atoms with Crippen LogP contribution in [0.4, 0.5) is 0 Å². The van der Waals surface area contributed by atoms with E-state index in [1.165, 1.54) is 17.5 Å². The van der Waals surface area contributed by atoms with Crippen LogP contribution in [0.1, 0.15) is 40.4 Å². The van der Waals surface area contributed by atoms with Gasteiger partial charge in [0.2, 0.25) is 0 Å². The summed E-state index contributed by atoms with van der Waals surface area (Å²) in [4.78, 5) is 14.9. The van der Waals surface area contributed by atoms with Crippen molar-refractivity contribution in [2.24, 2.45) is 0 Å². The zero-order valence-corrected chi connectivity index (χ0v) is 13.8. The van der Waals surface area contributed by atoms with Crippen LogP contribution in [0.5, 0.6) is 0 Å². The highest BCUT2D eigenvalue weighted by Gasteiger charge is 2.22. The molecule has 1 aliphatic heterocycles. The normalized spacial score (nSPS) is 20.1. The average Bonchev–Trinajstić information content (AvgIpc) is 2.43. The lowest BCUT2D eigenvalue weighted by atomic mass is 9.98. The predicted octanol–water partition coefficient (Wildman–Crippen LogP) is 3.62. The van der Waals surface area contributed by atoms with E-state index < -0.39 is 0 Å². The summed E-state index contributed by atoms with van der Waals surface area (Å²) in [6.45, 7) is 11.1. The summed E-state index contributed by atoms with van der Waals surface area (Å²) in [6.07, 6.45) is 1.19. The third kappa shape index (κ3) is 3.64. The number of aryl methyl sites for hydroxylation is 3. The third-order valence-electron chi connectivity index (χ3n) is 4.19. The number of hydrogen-bond donors (Lipinski definition) is 0. The van der Waals surface area contributed by atoms with Gasteiger partial charge in [0.05, 0.1) is 6.54 Å². The van der Waals surface area contributed by atoms with Gasteiger partial charge in [0.15, 0.2) is 5.78 Å². The van der Waals surface area contributed by atoms with Gasteiger partial charge in [-0.05, 0) is 49.9 Å². The van der Waals surface area contributed by atoms with Crippen LogP contribution in [-0.4, -0.2) is 41.3 Å². The quantitative estimate of drug-likeness (QED) is 0.790. The maximum absolute atomic E-state index is 12.5. The summed E-state index contributed by atoms with van der Waals surface area (Å²) in [7, 11) is 0. The molecule has 1 aliphatic rings. The highest BCUT2D eigenvalue weighted by Crippen LogP contribution is 2.22. The molecule has 1 aromatic rings. The second-order valence-electron chi connectivity index (χ2n) is 5.81. The van der Waals surface area contributed by atoms with E-state index in [-0.39, 0.29) is 5.78 Å². The van der Waals surface area contributed by atoms with Crippen LogP contribution in [0, 0.1) is 20.8 Å². The first-order valence-electron chi connectivity index (χ1n) is 7.46. The maximum atomic E-state index is 12.5. The summed E-state index contributed by atoms with van der Waals surface area (Å²) >= 11 is 2.04. The largest absolute Gasteiger partial charge is 0.294 e. The third-order valence-corrected chi connectivity index (χ3v) is 5.56. The number of ketones is 1. The van der Waals surface area contributed by atoms with Gasteiger partial charge in [-0.15, -0.1) is 0 Å². The van der Waals surface area contributed by atoms with Gasteiger partial charge in [-0.2, -0.15) is 11.8 Å². The molecule has 1 unspecified atom stereocenters. The van der Waals surface area contributed by atoms with Crippen molar-refractivity contribution in [3.63, 3.8) is 0 Å². The molecule has 1 saturated heterocycles. The first-order valence-corrected chi connectivity index (χ1v) is 8.51. The highest BCUT2D eigenvalue weighted by atomic mass is 32.2. The van der Waals surface area contributed by atoms with Crippen LogP contribution >= 0.6 is 11.8 Å². The molecule has 0 aliphatic carbocycles. The molecule has 1 heterocycles. The fourth-order valence-electron chi connectivity index (χ4n) is 2.72. The molecule has 0 N–H and O–H groups in total. The zero-order chi connectivity index (χ0) is 14.7. The Hall–Kier alpha value is -0.800. The Kier molecular flexibility index (Phi) is 5.28. The highest BCUT2D eigenvalue weighted by molar-refractivity contribution is 8.00. The van der Waals surface area contributed by atoms with E-state index in [0.717, 1.165) is 30.0 Å². The minimum absolute atomic E-state index is 0.271. The summed E-state index contributed by atoms with van der Waals surface area (Å²) in [5.41, 5.74) is 4.48. The molecule has 3 heteroatoms. The molecule has 1 fully saturated rings. The maximum Gasteiger partial charge on any atom is 0.177 e. The number of rotatable bonds is 4. The lowest BCUT2D eigenvalue weighted by molar-refractivity contribution is 0.0932. The first-order chi connectivity index (χ1) is 9.51. The Balaban J connectivity index is 2.06. The number of nitrogens with zero attached hydrogens (tertiary/aromatic N) is 1. The standard InChI is InChI=1S/C17H25NOS/c1-5-15-10-18(6-7-20-15)11-17(19)16-9-13(3)12(2)8-14(16)4/h8-9,15H,5-7,10-11H2,1-4H3. The van der Waals surface area contributed by atoms with Crippen molar-refractivity contribution in [2.45, 2.75) is 39.4 Å². The number of carbonyl (C=O) groups is 1. The number of benzene rings is 1. The van der Waals surface area contributed by atoms with E-state index in [1.54, 1.807) is 0 Å². The number of thioether (sulfide) groups is 1. The van der Waals surface area contributed by atoms with Gasteiger partial charge in [0.25, 0.3) is 0 Å². The molecular formula is C17H25NOS. The van der Waals surface area contributed by atoms with E-state index >= 15 is 0 Å². The van der Waals surface area contributed by atoms with E-state index in [2.05, 4.69) is 37.8 Å². The molecule has 20 heavy (non-hydrogen) atoms. The fourth-order valence-corrected chi connectivity index (χ4v) is 3.97. The van der Waals surface area contributed by atoms with E-state index in [1.807, 2.05) is 18.7 Å². The lowest BCUT2D eigenvalue weighted by Crippen LogP contribution is -2.40. The van der Waals surface area contributed by atoms with Crippen LogP contribution in [0.2, 0.25) is 0 Å². The minimum Gasteiger partial charge on any atom is -0.294 e. The summed E-state index contributed by atoms with van der Waals surface area (Å²) < 4.78 is 0. The molecule has 1 atom stereocenters. The molecule has 1 aromatic carbocycles. The SMILES string of the molecule is CCC1CN(CC(=O)c2cc(C)c(C)cc2C)CCS1. The van der Waals surface area contributed by atoms with Crippen molar-refractivity contribution in [1.82, 2.24) is 4.90 Å². The van der Waals surface area contributed by atoms with Gasteiger partial charge in [-0.25, -0.2) is 0 Å². The molecule has 0 radical (unpaired) electrons. The lowest BCUT2D eigenvalue weighted by Gasteiger charge is -2.31. The van der Waals surface area contributed by atoms with Crippen molar-refractivity contribution >= 4 is 17.5 Å².